The van der Waals surface area contributed by atoms with Gasteiger partial charge in [0.05, 0.1) is 6.04 Å². The summed E-state index contributed by atoms with van der Waals surface area (Å²) >= 11 is 0. The number of likely N-dealkylation sites (tertiary alicyclic amines) is 1. The van der Waals surface area contributed by atoms with Crippen molar-refractivity contribution < 1.29 is 4.79 Å². The third kappa shape index (κ3) is 24.5. The van der Waals surface area contributed by atoms with Crippen LogP contribution in [0.3, 0.4) is 0 Å². The number of rotatable bonds is 6. The molecule has 0 aromatic heterocycles. The lowest BCUT2D eigenvalue weighted by molar-refractivity contribution is -0.123. The van der Waals surface area contributed by atoms with Crippen molar-refractivity contribution in [2.24, 2.45) is 22.2 Å². The molecule has 0 spiro atoms. The van der Waals surface area contributed by atoms with Crippen LogP contribution in [0.4, 0.5) is 0 Å². The quantitative estimate of drug-likeness (QED) is 0.168. The molecule has 0 saturated carbocycles. The molecule has 0 aromatic carbocycles. The lowest BCUT2D eigenvalue weighted by Crippen LogP contribution is -2.53. The molecule has 1 amide bonds. The lowest BCUT2D eigenvalue weighted by atomic mass is 9.97. The number of nitrogens with zero attached hydrogens (tertiary/aromatic N) is 4. The van der Waals surface area contributed by atoms with Gasteiger partial charge < -0.3 is 32.7 Å². The average molecular weight is 620 g/mol. The fourth-order valence-electron chi connectivity index (χ4n) is 3.99. The molecule has 10 nitrogen and oxygen atoms in total. The summed E-state index contributed by atoms with van der Waals surface area (Å²) in [5, 5.41) is 6.41. The van der Waals surface area contributed by atoms with Crippen molar-refractivity contribution in [3.63, 3.8) is 0 Å². The highest BCUT2D eigenvalue weighted by atomic mass is 16.2. The minimum Gasteiger partial charge on any atom is -0.370 e. The van der Waals surface area contributed by atoms with Crippen LogP contribution in [0.15, 0.2) is 4.99 Å². The molecule has 0 aromatic rings. The normalized spacial score (nSPS) is 17.0. The molecule has 2 aliphatic rings. The number of hydrogen-bond acceptors (Lipinski definition) is 7. The van der Waals surface area contributed by atoms with E-state index in [9.17, 15) is 4.79 Å². The van der Waals surface area contributed by atoms with E-state index in [4.69, 9.17) is 17.2 Å². The molecule has 2 fully saturated rings. The monoisotopic (exact) mass is 620 g/mol. The standard InChI is InChI=1S/C15H32N6O.C8H18N2.C6H15N.4CH4/c1-15(2,3)21-9-6-11(7-10-21)20-13(22)12(16)5-4-8-19-14(17)18;1-8(2,3)10-6-4-9-5-7-10;1-6(2,3)7(4)5;;;;/h11-12H,4-10,16H2,1-3H3,(H,20,22)(H4,17,18,19);9H,4-7H2,1-3H3;1-5H3;4*1H4/t12-;;;;;;/m0....../s1. The molecule has 10 heteroatoms. The van der Waals surface area contributed by atoms with E-state index in [0.717, 1.165) is 39.0 Å². The number of piperazine rings is 1. The largest absolute Gasteiger partial charge is 0.370 e. The van der Waals surface area contributed by atoms with Gasteiger partial charge >= 0.3 is 0 Å². The van der Waals surface area contributed by atoms with Crippen LogP contribution in [-0.2, 0) is 4.79 Å². The van der Waals surface area contributed by atoms with E-state index in [1.807, 2.05) is 0 Å². The number of carbonyl (C=O) groups is 1. The van der Waals surface area contributed by atoms with Crippen molar-refractivity contribution in [2.75, 3.05) is 59.9 Å². The van der Waals surface area contributed by atoms with Crippen molar-refractivity contribution in [1.29, 1.82) is 0 Å². The van der Waals surface area contributed by atoms with E-state index in [1.165, 1.54) is 13.1 Å². The number of aliphatic imine (C=N–C) groups is 1. The summed E-state index contributed by atoms with van der Waals surface area (Å²) in [7, 11) is 4.17. The van der Waals surface area contributed by atoms with Crippen LogP contribution in [-0.4, -0.2) is 115 Å². The van der Waals surface area contributed by atoms with E-state index in [2.05, 4.69) is 107 Å². The number of nitrogens with two attached hydrogens (primary N) is 3. The number of carbonyl (C=O) groups excluding carboxylic acids is 1. The third-order valence-corrected chi connectivity index (χ3v) is 7.50. The van der Waals surface area contributed by atoms with Gasteiger partial charge in [-0.2, -0.15) is 0 Å². The Hall–Kier alpha value is -1.46. The maximum atomic E-state index is 12.1. The highest BCUT2D eigenvalue weighted by Crippen LogP contribution is 2.20. The molecule has 264 valence electrons. The second-order valence-corrected chi connectivity index (χ2v) is 14.0. The molecular formula is C33H81N9O. The number of guanidine groups is 1. The number of piperidine rings is 1. The molecule has 2 saturated heterocycles. The van der Waals surface area contributed by atoms with Crippen molar-refractivity contribution in [3.8, 4) is 0 Å². The van der Waals surface area contributed by atoms with Gasteiger partial charge in [0.15, 0.2) is 5.96 Å². The molecule has 43 heavy (non-hydrogen) atoms. The second kappa shape index (κ2) is 23.9. The zero-order valence-corrected chi connectivity index (χ0v) is 27.4. The summed E-state index contributed by atoms with van der Waals surface area (Å²) in [4.78, 5) is 23.1. The Kier molecular flexibility index (Phi) is 28.4. The molecule has 2 rings (SSSR count). The van der Waals surface area contributed by atoms with Gasteiger partial charge in [0.25, 0.3) is 0 Å². The van der Waals surface area contributed by atoms with Gasteiger partial charge in [-0.25, -0.2) is 0 Å². The minimum absolute atomic E-state index is 0. The topological polar surface area (TPSA) is 141 Å². The zero-order chi connectivity index (χ0) is 30.4. The lowest BCUT2D eigenvalue weighted by Gasteiger charge is -2.41. The van der Waals surface area contributed by atoms with Crippen LogP contribution in [0.1, 0.15) is 118 Å². The molecule has 2 heterocycles. The van der Waals surface area contributed by atoms with Crippen LogP contribution in [0, 0.1) is 0 Å². The predicted octanol–water partition coefficient (Wildman–Crippen LogP) is 4.33. The second-order valence-electron chi connectivity index (χ2n) is 14.0. The molecule has 0 radical (unpaired) electrons. The van der Waals surface area contributed by atoms with Gasteiger partial charge in [0.2, 0.25) is 5.91 Å². The van der Waals surface area contributed by atoms with Gasteiger partial charge in [-0.05, 0) is 102 Å². The molecule has 1 atom stereocenters. The van der Waals surface area contributed by atoms with E-state index in [-0.39, 0.29) is 53.2 Å². The van der Waals surface area contributed by atoms with Crippen molar-refractivity contribution >= 4 is 11.9 Å². The Labute approximate surface area is 270 Å². The summed E-state index contributed by atoms with van der Waals surface area (Å²) in [5.41, 5.74) is 17.3. The van der Waals surface area contributed by atoms with Crippen molar-refractivity contribution in [1.82, 2.24) is 25.3 Å². The van der Waals surface area contributed by atoms with E-state index in [1.54, 1.807) is 0 Å². The molecule has 2 aliphatic heterocycles. The summed E-state index contributed by atoms with van der Waals surface area (Å²) < 4.78 is 0. The third-order valence-electron chi connectivity index (χ3n) is 7.50. The Bertz CT molecular complexity index is 689. The van der Waals surface area contributed by atoms with Crippen LogP contribution >= 0.6 is 0 Å². The number of amides is 1. The van der Waals surface area contributed by atoms with E-state index in [0.29, 0.717) is 30.5 Å². The summed E-state index contributed by atoms with van der Waals surface area (Å²) in [6.45, 7) is 27.3. The minimum atomic E-state index is -0.491. The Morgan fingerprint density at radius 1 is 0.860 bits per heavy atom. The van der Waals surface area contributed by atoms with E-state index < -0.39 is 6.04 Å². The van der Waals surface area contributed by atoms with Crippen LogP contribution < -0.4 is 27.8 Å². The molecular weight excluding hydrogens is 538 g/mol. The Morgan fingerprint density at radius 2 is 1.26 bits per heavy atom. The molecule has 8 N–H and O–H groups in total. The van der Waals surface area contributed by atoms with Crippen molar-refractivity contribution in [3.05, 3.63) is 0 Å². The fraction of sp³-hybridized carbons (Fsp3) is 0.939. The fourth-order valence-corrected chi connectivity index (χ4v) is 3.99. The van der Waals surface area contributed by atoms with Gasteiger partial charge in [0.1, 0.15) is 0 Å². The van der Waals surface area contributed by atoms with E-state index >= 15 is 0 Å². The maximum absolute atomic E-state index is 12.1. The average Bonchev–Trinajstić information content (AvgIpc) is 2.81. The molecule has 0 bridgehead atoms. The SMILES string of the molecule is C.C.C.C.CC(C)(C)N1CCC(NC(=O)[C@@H](N)CCCN=C(N)N)CC1.CC(C)(C)N1CCNCC1.CN(C)C(C)(C)C. The maximum Gasteiger partial charge on any atom is 0.237 e. The summed E-state index contributed by atoms with van der Waals surface area (Å²) in [6, 6.07) is -0.260. The van der Waals surface area contributed by atoms with Gasteiger partial charge in [-0.15, -0.1) is 0 Å². The van der Waals surface area contributed by atoms with Crippen LogP contribution in [0.5, 0.6) is 0 Å². The number of nitrogens with one attached hydrogen (secondary N) is 2. The van der Waals surface area contributed by atoms with Crippen LogP contribution in [0.2, 0.25) is 0 Å². The Balaban J connectivity index is -0.000000192. The summed E-state index contributed by atoms with van der Waals surface area (Å²) in [5.74, 6) is 0.00235. The number of hydrogen-bond donors (Lipinski definition) is 5. The summed E-state index contributed by atoms with van der Waals surface area (Å²) in [6.07, 6.45) is 3.24. The van der Waals surface area contributed by atoms with Crippen LogP contribution in [0.25, 0.3) is 0 Å². The molecule has 0 unspecified atom stereocenters. The van der Waals surface area contributed by atoms with Crippen molar-refractivity contribution in [2.45, 2.75) is 146 Å². The highest BCUT2D eigenvalue weighted by molar-refractivity contribution is 5.81. The Morgan fingerprint density at radius 3 is 1.58 bits per heavy atom. The van der Waals surface area contributed by atoms with Gasteiger partial charge in [0, 0.05) is 68.5 Å². The van der Waals surface area contributed by atoms with Gasteiger partial charge in [-0.3, -0.25) is 19.6 Å². The first-order chi connectivity index (χ1) is 17.7. The smallest absolute Gasteiger partial charge is 0.237 e. The first-order valence-corrected chi connectivity index (χ1v) is 14.7. The predicted molar refractivity (Wildman–Crippen MR) is 195 cm³/mol. The molecule has 0 aliphatic carbocycles. The van der Waals surface area contributed by atoms with Gasteiger partial charge in [-0.1, -0.05) is 29.7 Å². The first-order valence-electron chi connectivity index (χ1n) is 14.7. The first kappa shape index (κ1) is 51.1. The highest BCUT2D eigenvalue weighted by Gasteiger charge is 2.28. The zero-order valence-electron chi connectivity index (χ0n) is 27.4.